The van der Waals surface area contributed by atoms with E-state index in [1.165, 1.54) is 37.8 Å². The zero-order valence-electron chi connectivity index (χ0n) is 16.8. The highest BCUT2D eigenvalue weighted by molar-refractivity contribution is 7.92. The number of nitrogens with one attached hydrogen (secondary N) is 1. The summed E-state index contributed by atoms with van der Waals surface area (Å²) in [6, 6.07) is 13.5. The highest BCUT2D eigenvalue weighted by atomic mass is 32.2. The average molecular weight is 413 g/mol. The van der Waals surface area contributed by atoms with Crippen LogP contribution in [0.25, 0.3) is 0 Å². The predicted octanol–water partition coefficient (Wildman–Crippen LogP) is 4.45. The molecule has 29 heavy (non-hydrogen) atoms. The van der Waals surface area contributed by atoms with E-state index in [0.29, 0.717) is 17.2 Å². The zero-order chi connectivity index (χ0) is 20.4. The first kappa shape index (κ1) is 20.0. The van der Waals surface area contributed by atoms with Gasteiger partial charge >= 0.3 is 0 Å². The first-order chi connectivity index (χ1) is 13.9. The summed E-state index contributed by atoms with van der Waals surface area (Å²) in [5, 5.41) is 0. The van der Waals surface area contributed by atoms with Gasteiger partial charge < -0.3 is 4.90 Å². The van der Waals surface area contributed by atoms with Gasteiger partial charge in [-0.2, -0.15) is 0 Å². The third kappa shape index (κ3) is 4.47. The van der Waals surface area contributed by atoms with Crippen LogP contribution in [0.4, 0.5) is 5.69 Å². The molecule has 2 aliphatic rings. The molecule has 1 aliphatic heterocycles. The van der Waals surface area contributed by atoms with E-state index in [2.05, 4.69) is 4.72 Å². The number of aryl methyl sites for hydroxylation is 1. The molecule has 1 N–H and O–H groups in total. The standard InChI is InChI=1S/C23H28N2O3S/c1-17-9-11-21(12-10-17)24-29(27,28)22-8-4-7-19(15-22)23(26)25-14-13-18-5-2-3-6-20(18)16-25/h4,7-12,15,18,20,24H,2-3,5-6,13-14,16H2,1H3/t18-,20-/m0/s1. The summed E-state index contributed by atoms with van der Waals surface area (Å²) in [6.45, 7) is 3.50. The van der Waals surface area contributed by atoms with Crippen LogP contribution in [-0.2, 0) is 10.0 Å². The second kappa shape index (κ2) is 8.19. The van der Waals surface area contributed by atoms with Crippen molar-refractivity contribution in [3.8, 4) is 0 Å². The van der Waals surface area contributed by atoms with E-state index in [4.69, 9.17) is 0 Å². The Morgan fingerprint density at radius 2 is 1.72 bits per heavy atom. The largest absolute Gasteiger partial charge is 0.338 e. The monoisotopic (exact) mass is 412 g/mol. The molecule has 0 unspecified atom stereocenters. The van der Waals surface area contributed by atoms with Gasteiger partial charge in [-0.3, -0.25) is 9.52 Å². The van der Waals surface area contributed by atoms with E-state index in [1.807, 2.05) is 24.0 Å². The second-order valence-electron chi connectivity index (χ2n) is 8.34. The van der Waals surface area contributed by atoms with Gasteiger partial charge in [0.05, 0.1) is 4.90 Å². The SMILES string of the molecule is Cc1ccc(NS(=O)(=O)c2cccc(C(=O)N3CC[C@@H]4CCCC[C@H]4C3)c2)cc1. The van der Waals surface area contributed by atoms with Crippen molar-refractivity contribution < 1.29 is 13.2 Å². The number of hydrogen-bond acceptors (Lipinski definition) is 3. The Morgan fingerprint density at radius 1 is 1.00 bits per heavy atom. The maximum absolute atomic E-state index is 13.1. The van der Waals surface area contributed by atoms with Crippen molar-refractivity contribution in [2.45, 2.75) is 43.9 Å². The third-order valence-corrected chi connectivity index (χ3v) is 7.65. The molecule has 1 saturated carbocycles. The molecule has 154 valence electrons. The minimum Gasteiger partial charge on any atom is -0.338 e. The van der Waals surface area contributed by atoms with E-state index in [-0.39, 0.29) is 10.8 Å². The minimum atomic E-state index is -3.75. The van der Waals surface area contributed by atoms with Gasteiger partial charge in [0, 0.05) is 24.3 Å². The Labute approximate surface area is 173 Å². The van der Waals surface area contributed by atoms with Crippen LogP contribution >= 0.6 is 0 Å². The zero-order valence-corrected chi connectivity index (χ0v) is 17.6. The fourth-order valence-electron chi connectivity index (χ4n) is 4.60. The molecule has 0 aromatic heterocycles. The molecule has 2 atom stereocenters. The maximum Gasteiger partial charge on any atom is 0.261 e. The number of fused-ring (bicyclic) bond motifs is 1. The molecule has 0 spiro atoms. The Bertz CT molecular complexity index is 985. The van der Waals surface area contributed by atoms with Gasteiger partial charge in [-0.15, -0.1) is 0 Å². The topological polar surface area (TPSA) is 66.5 Å². The van der Waals surface area contributed by atoms with Crippen LogP contribution in [0.2, 0.25) is 0 Å². The molecule has 6 heteroatoms. The van der Waals surface area contributed by atoms with Crippen LogP contribution in [0, 0.1) is 18.8 Å². The van der Waals surface area contributed by atoms with Crippen molar-refractivity contribution >= 4 is 21.6 Å². The number of piperidine rings is 1. The summed E-state index contributed by atoms with van der Waals surface area (Å²) >= 11 is 0. The molecule has 4 rings (SSSR count). The number of amides is 1. The van der Waals surface area contributed by atoms with Gasteiger partial charge in [0.25, 0.3) is 15.9 Å². The summed E-state index contributed by atoms with van der Waals surface area (Å²) in [7, 11) is -3.75. The number of likely N-dealkylation sites (tertiary alicyclic amines) is 1. The lowest BCUT2D eigenvalue weighted by Gasteiger charge is -2.41. The number of hydrogen-bond donors (Lipinski definition) is 1. The quantitative estimate of drug-likeness (QED) is 0.807. The smallest absolute Gasteiger partial charge is 0.261 e. The minimum absolute atomic E-state index is 0.0681. The van der Waals surface area contributed by atoms with Crippen LogP contribution in [0.15, 0.2) is 53.4 Å². The maximum atomic E-state index is 13.1. The molecule has 0 radical (unpaired) electrons. The van der Waals surface area contributed by atoms with Crippen molar-refractivity contribution in [2.75, 3.05) is 17.8 Å². The molecule has 1 aliphatic carbocycles. The third-order valence-electron chi connectivity index (χ3n) is 6.27. The lowest BCUT2D eigenvalue weighted by Crippen LogP contribution is -2.44. The summed E-state index contributed by atoms with van der Waals surface area (Å²) in [5.41, 5.74) is 2.00. The van der Waals surface area contributed by atoms with Crippen molar-refractivity contribution in [2.24, 2.45) is 11.8 Å². The molecule has 2 aromatic rings. The van der Waals surface area contributed by atoms with E-state index < -0.39 is 10.0 Å². The molecule has 2 aromatic carbocycles. The molecular formula is C23H28N2O3S. The van der Waals surface area contributed by atoms with Crippen molar-refractivity contribution in [1.29, 1.82) is 0 Å². The van der Waals surface area contributed by atoms with E-state index >= 15 is 0 Å². The van der Waals surface area contributed by atoms with E-state index in [1.54, 1.807) is 24.3 Å². The van der Waals surface area contributed by atoms with Gasteiger partial charge in [-0.05, 0) is 61.9 Å². The fourth-order valence-corrected chi connectivity index (χ4v) is 5.70. The van der Waals surface area contributed by atoms with Crippen LogP contribution in [0.1, 0.15) is 48.0 Å². The predicted molar refractivity (Wildman–Crippen MR) is 114 cm³/mol. The van der Waals surface area contributed by atoms with Crippen LogP contribution in [0.5, 0.6) is 0 Å². The molecule has 1 heterocycles. The van der Waals surface area contributed by atoms with Crippen LogP contribution in [-0.4, -0.2) is 32.3 Å². The summed E-state index contributed by atoms with van der Waals surface area (Å²) < 4.78 is 28.2. The van der Waals surface area contributed by atoms with E-state index in [9.17, 15) is 13.2 Å². The van der Waals surface area contributed by atoms with Crippen LogP contribution in [0.3, 0.4) is 0 Å². The number of nitrogens with zero attached hydrogens (tertiary/aromatic N) is 1. The van der Waals surface area contributed by atoms with Crippen LogP contribution < -0.4 is 4.72 Å². The molecule has 2 fully saturated rings. The summed E-state index contributed by atoms with van der Waals surface area (Å²) in [5.74, 6) is 1.27. The van der Waals surface area contributed by atoms with Gasteiger partial charge in [0.1, 0.15) is 0 Å². The summed E-state index contributed by atoms with van der Waals surface area (Å²) in [6.07, 6.45) is 6.10. The van der Waals surface area contributed by atoms with Crippen molar-refractivity contribution in [1.82, 2.24) is 4.90 Å². The average Bonchev–Trinajstić information content (AvgIpc) is 2.74. The number of carbonyl (C=O) groups is 1. The molecule has 0 bridgehead atoms. The number of sulfonamides is 1. The fraction of sp³-hybridized carbons (Fsp3) is 0.435. The highest BCUT2D eigenvalue weighted by Crippen LogP contribution is 2.36. The van der Waals surface area contributed by atoms with Gasteiger partial charge in [0.2, 0.25) is 0 Å². The van der Waals surface area contributed by atoms with Gasteiger partial charge in [-0.1, -0.05) is 43.0 Å². The Kier molecular flexibility index (Phi) is 5.63. The highest BCUT2D eigenvalue weighted by Gasteiger charge is 2.33. The molecule has 1 saturated heterocycles. The summed E-state index contributed by atoms with van der Waals surface area (Å²) in [4.78, 5) is 15.1. The van der Waals surface area contributed by atoms with Crippen molar-refractivity contribution in [3.63, 3.8) is 0 Å². The Balaban J connectivity index is 1.50. The molecular weight excluding hydrogens is 384 g/mol. The molecule has 5 nitrogen and oxygen atoms in total. The number of rotatable bonds is 4. The first-order valence-electron chi connectivity index (χ1n) is 10.4. The number of anilines is 1. The lowest BCUT2D eigenvalue weighted by atomic mass is 9.75. The number of carbonyl (C=O) groups excluding carboxylic acids is 1. The normalized spacial score (nSPS) is 22.0. The lowest BCUT2D eigenvalue weighted by molar-refractivity contribution is 0.0520. The Morgan fingerprint density at radius 3 is 2.48 bits per heavy atom. The van der Waals surface area contributed by atoms with Gasteiger partial charge in [-0.25, -0.2) is 8.42 Å². The number of benzene rings is 2. The van der Waals surface area contributed by atoms with Crippen molar-refractivity contribution in [3.05, 3.63) is 59.7 Å². The second-order valence-corrected chi connectivity index (χ2v) is 10.0. The first-order valence-corrected chi connectivity index (χ1v) is 11.9. The Hall–Kier alpha value is -2.34. The van der Waals surface area contributed by atoms with Gasteiger partial charge in [0.15, 0.2) is 0 Å². The molecule has 1 amide bonds. The van der Waals surface area contributed by atoms with E-state index in [0.717, 1.165) is 31.0 Å².